The molecular formula is C15H26N2O3. The number of nitrogens with zero attached hydrogens (tertiary/aromatic N) is 1. The molecule has 1 aromatic heterocycles. The van der Waals surface area contributed by atoms with E-state index in [1.165, 1.54) is 0 Å². The van der Waals surface area contributed by atoms with E-state index in [-0.39, 0.29) is 24.0 Å². The van der Waals surface area contributed by atoms with E-state index in [0.717, 1.165) is 23.4 Å². The number of hydrogen-bond donors (Lipinski definition) is 2. The molecule has 0 aliphatic heterocycles. The summed E-state index contributed by atoms with van der Waals surface area (Å²) in [5.41, 5.74) is 1.91. The highest BCUT2D eigenvalue weighted by Crippen LogP contribution is 2.20. The van der Waals surface area contributed by atoms with E-state index in [4.69, 9.17) is 4.52 Å². The van der Waals surface area contributed by atoms with E-state index in [2.05, 4.69) is 31.2 Å². The summed E-state index contributed by atoms with van der Waals surface area (Å²) in [6.45, 7) is 9.96. The molecule has 114 valence electrons. The molecule has 2 N–H and O–H groups in total. The van der Waals surface area contributed by atoms with Gasteiger partial charge in [-0.2, -0.15) is 0 Å². The normalized spacial score (nSPS) is 13.3. The number of carbonyl (C=O) groups excluding carboxylic acids is 1. The monoisotopic (exact) mass is 282 g/mol. The number of nitrogens with one attached hydrogen (secondary N) is 1. The Kier molecular flexibility index (Phi) is 5.74. The van der Waals surface area contributed by atoms with Crippen LogP contribution in [-0.2, 0) is 11.2 Å². The summed E-state index contributed by atoms with van der Waals surface area (Å²) in [6.07, 6.45) is 1.74. The Hall–Kier alpha value is -1.36. The number of rotatable bonds is 6. The van der Waals surface area contributed by atoms with Gasteiger partial charge in [0, 0.05) is 12.0 Å². The number of aryl methyl sites for hydroxylation is 2. The van der Waals surface area contributed by atoms with Gasteiger partial charge < -0.3 is 14.9 Å². The smallest absolute Gasteiger partial charge is 0.220 e. The Balaban J connectivity index is 2.47. The standard InChI is InChI=1S/C15H26N2O3/c1-10-13(11(2)20-17-10)6-7-14(19)16-12(9-18)8-15(3,4)5/h12,18H,6-9H2,1-5H3,(H,16,19). The third-order valence-electron chi connectivity index (χ3n) is 3.23. The van der Waals surface area contributed by atoms with Gasteiger partial charge in [0.1, 0.15) is 5.76 Å². The Morgan fingerprint density at radius 1 is 1.40 bits per heavy atom. The van der Waals surface area contributed by atoms with Crippen LogP contribution in [0.25, 0.3) is 0 Å². The number of aromatic nitrogens is 1. The molecule has 20 heavy (non-hydrogen) atoms. The highest BCUT2D eigenvalue weighted by molar-refractivity contribution is 5.76. The van der Waals surface area contributed by atoms with Crippen molar-refractivity contribution in [1.29, 1.82) is 0 Å². The van der Waals surface area contributed by atoms with Crippen molar-refractivity contribution in [2.75, 3.05) is 6.61 Å². The minimum atomic E-state index is -0.188. The average molecular weight is 282 g/mol. The largest absolute Gasteiger partial charge is 0.394 e. The van der Waals surface area contributed by atoms with Crippen LogP contribution in [-0.4, -0.2) is 28.8 Å². The topological polar surface area (TPSA) is 75.4 Å². The van der Waals surface area contributed by atoms with Gasteiger partial charge >= 0.3 is 0 Å². The molecule has 0 radical (unpaired) electrons. The van der Waals surface area contributed by atoms with Crippen molar-refractivity contribution in [2.45, 2.75) is 59.9 Å². The van der Waals surface area contributed by atoms with Crippen molar-refractivity contribution in [1.82, 2.24) is 10.5 Å². The minimum Gasteiger partial charge on any atom is -0.394 e. The summed E-state index contributed by atoms with van der Waals surface area (Å²) in [5.74, 6) is 0.719. The molecule has 0 aliphatic carbocycles. The molecule has 0 spiro atoms. The first-order chi connectivity index (χ1) is 9.23. The van der Waals surface area contributed by atoms with Gasteiger partial charge in [-0.15, -0.1) is 0 Å². The average Bonchev–Trinajstić information content (AvgIpc) is 2.64. The van der Waals surface area contributed by atoms with Gasteiger partial charge in [-0.3, -0.25) is 4.79 Å². The van der Waals surface area contributed by atoms with Gasteiger partial charge in [0.2, 0.25) is 5.91 Å². The maximum Gasteiger partial charge on any atom is 0.220 e. The first-order valence-electron chi connectivity index (χ1n) is 7.05. The van der Waals surface area contributed by atoms with Gasteiger partial charge in [-0.25, -0.2) is 0 Å². The van der Waals surface area contributed by atoms with E-state index in [1.807, 2.05) is 13.8 Å². The summed E-state index contributed by atoms with van der Waals surface area (Å²) < 4.78 is 5.07. The van der Waals surface area contributed by atoms with Crippen molar-refractivity contribution < 1.29 is 14.4 Å². The Morgan fingerprint density at radius 3 is 2.50 bits per heavy atom. The fraction of sp³-hybridized carbons (Fsp3) is 0.733. The van der Waals surface area contributed by atoms with Crippen LogP contribution in [0.2, 0.25) is 0 Å². The van der Waals surface area contributed by atoms with E-state index in [1.54, 1.807) is 0 Å². The quantitative estimate of drug-likeness (QED) is 0.838. The minimum absolute atomic E-state index is 0.0334. The second-order valence-electron chi connectivity index (χ2n) is 6.51. The zero-order valence-electron chi connectivity index (χ0n) is 13.1. The Labute approximate surface area is 120 Å². The SMILES string of the molecule is Cc1noc(C)c1CCC(=O)NC(CO)CC(C)(C)C. The van der Waals surface area contributed by atoms with Crippen LogP contribution in [0.4, 0.5) is 0 Å². The number of aliphatic hydroxyl groups excluding tert-OH is 1. The number of carbonyl (C=O) groups is 1. The van der Waals surface area contributed by atoms with Crippen LogP contribution in [0, 0.1) is 19.3 Å². The fourth-order valence-corrected chi connectivity index (χ4v) is 2.30. The van der Waals surface area contributed by atoms with Crippen LogP contribution in [0.1, 0.15) is 50.6 Å². The molecule has 0 fully saturated rings. The van der Waals surface area contributed by atoms with Gasteiger partial charge in [0.15, 0.2) is 0 Å². The Morgan fingerprint density at radius 2 is 2.05 bits per heavy atom. The van der Waals surface area contributed by atoms with Gasteiger partial charge in [0.25, 0.3) is 0 Å². The maximum atomic E-state index is 11.9. The highest BCUT2D eigenvalue weighted by atomic mass is 16.5. The van der Waals surface area contributed by atoms with Gasteiger partial charge in [-0.1, -0.05) is 25.9 Å². The predicted octanol–water partition coefficient (Wildman–Crippen LogP) is 2.14. The number of amides is 1. The lowest BCUT2D eigenvalue weighted by atomic mass is 9.88. The molecule has 1 heterocycles. The molecule has 1 aromatic rings. The summed E-state index contributed by atoms with van der Waals surface area (Å²) in [6, 6.07) is -0.188. The third-order valence-corrected chi connectivity index (χ3v) is 3.23. The van der Waals surface area contributed by atoms with Crippen LogP contribution >= 0.6 is 0 Å². The van der Waals surface area contributed by atoms with Crippen molar-refractivity contribution in [2.24, 2.45) is 5.41 Å². The zero-order valence-corrected chi connectivity index (χ0v) is 13.1. The van der Waals surface area contributed by atoms with Crippen molar-refractivity contribution >= 4 is 5.91 Å². The van der Waals surface area contributed by atoms with Gasteiger partial charge in [-0.05, 0) is 32.1 Å². The van der Waals surface area contributed by atoms with Crippen molar-refractivity contribution in [3.63, 3.8) is 0 Å². The van der Waals surface area contributed by atoms with Crippen LogP contribution in [0.5, 0.6) is 0 Å². The lowest BCUT2D eigenvalue weighted by Crippen LogP contribution is -2.40. The maximum absolute atomic E-state index is 11.9. The first-order valence-corrected chi connectivity index (χ1v) is 7.05. The molecule has 0 aromatic carbocycles. The van der Waals surface area contributed by atoms with Gasteiger partial charge in [0.05, 0.1) is 18.3 Å². The summed E-state index contributed by atoms with van der Waals surface area (Å²) in [7, 11) is 0. The summed E-state index contributed by atoms with van der Waals surface area (Å²) in [5, 5.41) is 16.1. The van der Waals surface area contributed by atoms with E-state index in [9.17, 15) is 9.90 Å². The van der Waals surface area contributed by atoms with Crippen LogP contribution in [0.3, 0.4) is 0 Å². The highest BCUT2D eigenvalue weighted by Gasteiger charge is 2.20. The first kappa shape index (κ1) is 16.7. The van der Waals surface area contributed by atoms with E-state index in [0.29, 0.717) is 12.8 Å². The molecular weight excluding hydrogens is 256 g/mol. The molecule has 0 saturated heterocycles. The second kappa shape index (κ2) is 6.88. The third kappa shape index (κ3) is 5.33. The number of aliphatic hydroxyl groups is 1. The molecule has 0 aliphatic rings. The predicted molar refractivity (Wildman–Crippen MR) is 77.4 cm³/mol. The van der Waals surface area contributed by atoms with Crippen LogP contribution < -0.4 is 5.32 Å². The molecule has 5 nitrogen and oxygen atoms in total. The Bertz CT molecular complexity index is 427. The summed E-state index contributed by atoms with van der Waals surface area (Å²) in [4.78, 5) is 11.9. The molecule has 0 bridgehead atoms. The van der Waals surface area contributed by atoms with Crippen LogP contribution in [0.15, 0.2) is 4.52 Å². The summed E-state index contributed by atoms with van der Waals surface area (Å²) >= 11 is 0. The second-order valence-corrected chi connectivity index (χ2v) is 6.51. The lowest BCUT2D eigenvalue weighted by molar-refractivity contribution is -0.122. The zero-order chi connectivity index (χ0) is 15.3. The van der Waals surface area contributed by atoms with E-state index < -0.39 is 0 Å². The van der Waals surface area contributed by atoms with E-state index >= 15 is 0 Å². The molecule has 0 saturated carbocycles. The molecule has 1 amide bonds. The molecule has 1 atom stereocenters. The molecule has 1 rings (SSSR count). The number of hydrogen-bond acceptors (Lipinski definition) is 4. The lowest BCUT2D eigenvalue weighted by Gasteiger charge is -2.25. The molecule has 1 unspecified atom stereocenters. The fourth-order valence-electron chi connectivity index (χ4n) is 2.30. The molecule has 5 heteroatoms. The van der Waals surface area contributed by atoms with Crippen molar-refractivity contribution in [3.8, 4) is 0 Å². The van der Waals surface area contributed by atoms with Crippen molar-refractivity contribution in [3.05, 3.63) is 17.0 Å².